The molecule has 0 unspecified atom stereocenters. The van der Waals surface area contributed by atoms with Crippen molar-refractivity contribution in [1.29, 1.82) is 0 Å². The Balaban J connectivity index is 2.51. The van der Waals surface area contributed by atoms with E-state index < -0.39 is 10.0 Å². The number of nitrogens with zero attached hydrogens (tertiary/aromatic N) is 1. The Morgan fingerprint density at radius 3 is 2.42 bits per heavy atom. The summed E-state index contributed by atoms with van der Waals surface area (Å²) in [6, 6.07) is 6.49. The SMILES string of the molecule is CCN(CC)CCCNS(=O)(=O)c1ccccc1N. The second-order valence-electron chi connectivity index (χ2n) is 4.32. The fourth-order valence-corrected chi connectivity index (χ4v) is 3.06. The Labute approximate surface area is 115 Å². The van der Waals surface area contributed by atoms with E-state index in [-0.39, 0.29) is 10.6 Å². The van der Waals surface area contributed by atoms with E-state index in [4.69, 9.17) is 5.73 Å². The molecule has 3 N–H and O–H groups in total. The molecule has 1 aromatic carbocycles. The van der Waals surface area contributed by atoms with Crippen molar-refractivity contribution in [2.75, 3.05) is 31.9 Å². The summed E-state index contributed by atoms with van der Waals surface area (Å²) < 4.78 is 26.6. The molecular formula is C13H23N3O2S. The maximum Gasteiger partial charge on any atom is 0.242 e. The van der Waals surface area contributed by atoms with Gasteiger partial charge >= 0.3 is 0 Å². The van der Waals surface area contributed by atoms with Crippen molar-refractivity contribution in [3.63, 3.8) is 0 Å². The van der Waals surface area contributed by atoms with Gasteiger partial charge in [-0.3, -0.25) is 0 Å². The molecule has 0 saturated carbocycles. The van der Waals surface area contributed by atoms with Crippen molar-refractivity contribution < 1.29 is 8.42 Å². The molecule has 0 aromatic heterocycles. The number of hydrogen-bond donors (Lipinski definition) is 2. The number of hydrogen-bond acceptors (Lipinski definition) is 4. The molecule has 0 aliphatic heterocycles. The van der Waals surface area contributed by atoms with Gasteiger partial charge in [-0.2, -0.15) is 0 Å². The van der Waals surface area contributed by atoms with E-state index in [2.05, 4.69) is 23.5 Å². The molecular weight excluding hydrogens is 262 g/mol. The van der Waals surface area contributed by atoms with Gasteiger partial charge in [-0.15, -0.1) is 0 Å². The number of para-hydroxylation sites is 1. The zero-order valence-corrected chi connectivity index (χ0v) is 12.4. The molecule has 0 atom stereocenters. The summed E-state index contributed by atoms with van der Waals surface area (Å²) in [5.74, 6) is 0. The molecule has 0 radical (unpaired) electrons. The van der Waals surface area contributed by atoms with Crippen LogP contribution in [0.25, 0.3) is 0 Å². The van der Waals surface area contributed by atoms with Crippen LogP contribution in [0, 0.1) is 0 Å². The van der Waals surface area contributed by atoms with Crippen molar-refractivity contribution in [2.45, 2.75) is 25.2 Å². The standard InChI is InChI=1S/C13H23N3O2S/c1-3-16(4-2)11-7-10-15-19(17,18)13-9-6-5-8-12(13)14/h5-6,8-9,15H,3-4,7,10-11,14H2,1-2H3. The van der Waals surface area contributed by atoms with E-state index in [0.717, 1.165) is 26.1 Å². The number of rotatable bonds is 8. The number of nitrogens with one attached hydrogen (secondary N) is 1. The van der Waals surface area contributed by atoms with Crippen molar-refractivity contribution >= 4 is 15.7 Å². The monoisotopic (exact) mass is 285 g/mol. The van der Waals surface area contributed by atoms with Crippen LogP contribution in [0.2, 0.25) is 0 Å². The van der Waals surface area contributed by atoms with Gasteiger partial charge in [0.2, 0.25) is 10.0 Å². The van der Waals surface area contributed by atoms with Crippen LogP contribution < -0.4 is 10.5 Å². The van der Waals surface area contributed by atoms with E-state index in [0.29, 0.717) is 6.54 Å². The third-order valence-electron chi connectivity index (χ3n) is 3.05. The molecule has 108 valence electrons. The number of anilines is 1. The van der Waals surface area contributed by atoms with Gasteiger partial charge in [0.05, 0.1) is 5.69 Å². The Morgan fingerprint density at radius 2 is 1.84 bits per heavy atom. The highest BCUT2D eigenvalue weighted by atomic mass is 32.2. The second-order valence-corrected chi connectivity index (χ2v) is 6.05. The quantitative estimate of drug-likeness (QED) is 0.557. The van der Waals surface area contributed by atoms with E-state index in [9.17, 15) is 8.42 Å². The largest absolute Gasteiger partial charge is 0.398 e. The first-order valence-electron chi connectivity index (χ1n) is 6.57. The highest BCUT2D eigenvalue weighted by molar-refractivity contribution is 7.89. The summed E-state index contributed by atoms with van der Waals surface area (Å²) in [5, 5.41) is 0. The van der Waals surface area contributed by atoms with Gasteiger partial charge in [0.15, 0.2) is 0 Å². The minimum atomic E-state index is -3.50. The van der Waals surface area contributed by atoms with Gasteiger partial charge in [-0.1, -0.05) is 26.0 Å². The molecule has 1 rings (SSSR count). The maximum absolute atomic E-state index is 12.0. The van der Waals surface area contributed by atoms with E-state index in [1.54, 1.807) is 18.2 Å². The molecule has 0 bridgehead atoms. The van der Waals surface area contributed by atoms with E-state index in [1.807, 2.05) is 0 Å². The maximum atomic E-state index is 12.0. The second kappa shape index (κ2) is 7.47. The van der Waals surface area contributed by atoms with Gasteiger partial charge in [-0.05, 0) is 38.2 Å². The number of nitrogens with two attached hydrogens (primary N) is 1. The van der Waals surface area contributed by atoms with Crippen LogP contribution in [0.15, 0.2) is 29.2 Å². The van der Waals surface area contributed by atoms with Gasteiger partial charge in [0, 0.05) is 6.54 Å². The summed E-state index contributed by atoms with van der Waals surface area (Å²) in [5.41, 5.74) is 5.95. The molecule has 1 aromatic rings. The average Bonchev–Trinajstić information content (AvgIpc) is 2.39. The predicted octanol–water partition coefficient (Wildman–Crippen LogP) is 1.28. The first-order valence-corrected chi connectivity index (χ1v) is 8.06. The highest BCUT2D eigenvalue weighted by Gasteiger charge is 2.15. The minimum Gasteiger partial charge on any atom is -0.398 e. The lowest BCUT2D eigenvalue weighted by Gasteiger charge is -2.17. The minimum absolute atomic E-state index is 0.151. The van der Waals surface area contributed by atoms with Crippen LogP contribution in [0.3, 0.4) is 0 Å². The van der Waals surface area contributed by atoms with Crippen LogP contribution in [0.5, 0.6) is 0 Å². The van der Waals surface area contributed by atoms with Crippen LogP contribution >= 0.6 is 0 Å². The summed E-state index contributed by atoms with van der Waals surface area (Å²) in [6.07, 6.45) is 0.785. The van der Waals surface area contributed by atoms with E-state index in [1.165, 1.54) is 6.07 Å². The third-order valence-corrected chi connectivity index (χ3v) is 4.58. The molecule has 0 amide bonds. The van der Waals surface area contributed by atoms with Crippen LogP contribution in [0.1, 0.15) is 20.3 Å². The average molecular weight is 285 g/mol. The number of nitrogen functional groups attached to an aromatic ring is 1. The zero-order chi connectivity index (χ0) is 14.3. The van der Waals surface area contributed by atoms with Crippen LogP contribution in [-0.2, 0) is 10.0 Å². The van der Waals surface area contributed by atoms with Crippen molar-refractivity contribution in [3.05, 3.63) is 24.3 Å². The number of sulfonamides is 1. The molecule has 0 aliphatic carbocycles. The highest BCUT2D eigenvalue weighted by Crippen LogP contribution is 2.16. The Hall–Kier alpha value is -1.11. The fourth-order valence-electron chi connectivity index (χ4n) is 1.85. The first-order chi connectivity index (χ1) is 9.01. The molecule has 5 nitrogen and oxygen atoms in total. The first kappa shape index (κ1) is 15.9. The molecule has 0 aliphatic rings. The zero-order valence-electron chi connectivity index (χ0n) is 11.6. The Morgan fingerprint density at radius 1 is 1.21 bits per heavy atom. The molecule has 0 heterocycles. The topological polar surface area (TPSA) is 75.4 Å². The fraction of sp³-hybridized carbons (Fsp3) is 0.538. The van der Waals surface area contributed by atoms with Crippen molar-refractivity contribution in [3.8, 4) is 0 Å². The Bertz CT molecular complexity index is 484. The van der Waals surface area contributed by atoms with E-state index >= 15 is 0 Å². The van der Waals surface area contributed by atoms with Gasteiger partial charge in [0.1, 0.15) is 4.90 Å². The summed E-state index contributed by atoms with van der Waals surface area (Å²) in [7, 11) is -3.50. The lowest BCUT2D eigenvalue weighted by atomic mass is 10.3. The van der Waals surface area contributed by atoms with Gasteiger partial charge < -0.3 is 10.6 Å². The van der Waals surface area contributed by atoms with Crippen LogP contribution in [-0.4, -0.2) is 39.5 Å². The molecule has 6 heteroatoms. The number of benzene rings is 1. The van der Waals surface area contributed by atoms with Gasteiger partial charge in [-0.25, -0.2) is 13.1 Å². The summed E-state index contributed by atoms with van der Waals surface area (Å²) in [6.45, 7) is 7.47. The van der Waals surface area contributed by atoms with Crippen molar-refractivity contribution in [2.24, 2.45) is 0 Å². The van der Waals surface area contributed by atoms with Crippen LogP contribution in [0.4, 0.5) is 5.69 Å². The Kier molecular flexibility index (Phi) is 6.27. The predicted molar refractivity (Wildman–Crippen MR) is 78.4 cm³/mol. The lowest BCUT2D eigenvalue weighted by Crippen LogP contribution is -2.30. The summed E-state index contributed by atoms with van der Waals surface area (Å²) in [4.78, 5) is 2.41. The third kappa shape index (κ3) is 4.81. The molecule has 0 fully saturated rings. The smallest absolute Gasteiger partial charge is 0.242 e. The van der Waals surface area contributed by atoms with Gasteiger partial charge in [0.25, 0.3) is 0 Å². The molecule has 19 heavy (non-hydrogen) atoms. The summed E-state index contributed by atoms with van der Waals surface area (Å²) >= 11 is 0. The lowest BCUT2D eigenvalue weighted by molar-refractivity contribution is 0.300. The molecule has 0 saturated heterocycles. The van der Waals surface area contributed by atoms with Crippen molar-refractivity contribution in [1.82, 2.24) is 9.62 Å². The molecule has 0 spiro atoms. The normalized spacial score (nSPS) is 11.9.